The number of carbonyl (C=O) groups excluding carboxylic acids is 1. The molecule has 0 atom stereocenters. The summed E-state index contributed by atoms with van der Waals surface area (Å²) in [5.41, 5.74) is 0. The maximum Gasteiger partial charge on any atom is 0.474 e. The molecule has 6 heteroatoms. The van der Waals surface area contributed by atoms with Crippen LogP contribution in [0.1, 0.15) is 20.3 Å². The highest BCUT2D eigenvalue weighted by atomic mass is 31.2. The Morgan fingerprint density at radius 1 is 1.15 bits per heavy atom. The topological polar surface area (TPSA) is 61.8 Å². The van der Waals surface area contributed by atoms with Gasteiger partial charge < -0.3 is 4.79 Å². The Bertz CT molecular complexity index is 172. The number of carbonyl (C=O) groups is 1. The summed E-state index contributed by atoms with van der Waals surface area (Å²) >= 11 is 0. The van der Waals surface area contributed by atoms with Gasteiger partial charge in [-0.05, 0) is 13.8 Å². The second-order valence-electron chi connectivity index (χ2n) is 2.07. The van der Waals surface area contributed by atoms with Crippen LogP contribution in [0.15, 0.2) is 0 Å². The van der Waals surface area contributed by atoms with E-state index in [1.165, 1.54) is 0 Å². The van der Waals surface area contributed by atoms with Gasteiger partial charge in [0.2, 0.25) is 0 Å². The first-order valence-electron chi connectivity index (χ1n) is 4.15. The summed E-state index contributed by atoms with van der Waals surface area (Å²) in [7, 11) is -3.41. The van der Waals surface area contributed by atoms with Gasteiger partial charge in [0.25, 0.3) is 0 Å². The van der Waals surface area contributed by atoms with Crippen molar-refractivity contribution >= 4 is 14.1 Å². The van der Waals surface area contributed by atoms with E-state index in [4.69, 9.17) is 13.6 Å². The summed E-state index contributed by atoms with van der Waals surface area (Å²) in [6, 6.07) is 0. The van der Waals surface area contributed by atoms with E-state index < -0.39 is 7.82 Å². The monoisotopic (exact) mass is 210 g/mol. The third-order valence-electron chi connectivity index (χ3n) is 1.06. The van der Waals surface area contributed by atoms with Crippen molar-refractivity contribution in [3.05, 3.63) is 0 Å². The van der Waals surface area contributed by atoms with Crippen LogP contribution in [0.2, 0.25) is 0 Å². The van der Waals surface area contributed by atoms with E-state index in [1.807, 2.05) is 0 Å². The number of phosphoric acid groups is 1. The molecule has 0 aromatic heterocycles. The molecule has 0 aromatic rings. The fraction of sp³-hybridized carbons (Fsp3) is 0.857. The maximum atomic E-state index is 11.5. The molecular weight excluding hydrogens is 195 g/mol. The van der Waals surface area contributed by atoms with Gasteiger partial charge in [-0.1, -0.05) is 0 Å². The van der Waals surface area contributed by atoms with E-state index in [2.05, 4.69) is 0 Å². The predicted octanol–water partition coefficient (Wildman–Crippen LogP) is 1.77. The van der Waals surface area contributed by atoms with Crippen LogP contribution in [0.5, 0.6) is 0 Å². The SMILES string of the molecule is CCOP(=O)(OCC)OCCC=O. The molecule has 0 rings (SSSR count). The molecule has 0 saturated heterocycles. The number of aldehydes is 1. The average Bonchev–Trinajstić information content (AvgIpc) is 2.05. The molecule has 0 unspecified atom stereocenters. The molecule has 0 amide bonds. The second kappa shape index (κ2) is 7.21. The van der Waals surface area contributed by atoms with Crippen LogP contribution in [0, 0.1) is 0 Å². The molecule has 0 aromatic carbocycles. The largest absolute Gasteiger partial charge is 0.474 e. The van der Waals surface area contributed by atoms with E-state index in [9.17, 15) is 9.36 Å². The van der Waals surface area contributed by atoms with Crippen molar-refractivity contribution < 1.29 is 22.9 Å². The van der Waals surface area contributed by atoms with E-state index >= 15 is 0 Å². The molecule has 0 aliphatic carbocycles. The highest BCUT2D eigenvalue weighted by Gasteiger charge is 2.24. The molecule has 0 bridgehead atoms. The standard InChI is InChI=1S/C7H15O5P/c1-3-10-13(9,11-4-2)12-7-5-6-8/h6H,3-5,7H2,1-2H3. The zero-order chi connectivity index (χ0) is 10.2. The molecule has 13 heavy (non-hydrogen) atoms. The van der Waals surface area contributed by atoms with Crippen LogP contribution in [0.25, 0.3) is 0 Å². The Morgan fingerprint density at radius 3 is 2.08 bits per heavy atom. The number of hydrogen-bond acceptors (Lipinski definition) is 5. The molecule has 0 aliphatic rings. The van der Waals surface area contributed by atoms with Crippen molar-refractivity contribution in [3.63, 3.8) is 0 Å². The number of hydrogen-bond donors (Lipinski definition) is 0. The first-order valence-corrected chi connectivity index (χ1v) is 5.62. The van der Waals surface area contributed by atoms with Gasteiger partial charge in [-0.25, -0.2) is 4.57 Å². The van der Waals surface area contributed by atoms with Gasteiger partial charge >= 0.3 is 7.82 Å². The van der Waals surface area contributed by atoms with Gasteiger partial charge in [0.05, 0.1) is 19.8 Å². The maximum absolute atomic E-state index is 11.5. The minimum absolute atomic E-state index is 0.0563. The minimum atomic E-state index is -3.41. The highest BCUT2D eigenvalue weighted by Crippen LogP contribution is 2.49. The lowest BCUT2D eigenvalue weighted by molar-refractivity contribution is -0.108. The lowest BCUT2D eigenvalue weighted by Gasteiger charge is -2.15. The molecule has 78 valence electrons. The fourth-order valence-electron chi connectivity index (χ4n) is 0.641. The summed E-state index contributed by atoms with van der Waals surface area (Å²) in [4.78, 5) is 9.96. The first kappa shape index (κ1) is 12.8. The summed E-state index contributed by atoms with van der Waals surface area (Å²) in [6.07, 6.45) is 0.867. The predicted molar refractivity (Wildman–Crippen MR) is 47.5 cm³/mol. The molecular formula is C7H15O5P. The van der Waals surface area contributed by atoms with Crippen LogP contribution < -0.4 is 0 Å². The van der Waals surface area contributed by atoms with Crippen molar-refractivity contribution in [2.45, 2.75) is 20.3 Å². The Hall–Kier alpha value is -0.220. The Morgan fingerprint density at radius 2 is 1.69 bits per heavy atom. The van der Waals surface area contributed by atoms with Crippen molar-refractivity contribution in [2.75, 3.05) is 19.8 Å². The lowest BCUT2D eigenvalue weighted by atomic mass is 10.5. The van der Waals surface area contributed by atoms with Gasteiger partial charge in [-0.2, -0.15) is 0 Å². The Labute approximate surface area is 78.0 Å². The molecule has 5 nitrogen and oxygen atoms in total. The zero-order valence-electron chi connectivity index (χ0n) is 7.89. The lowest BCUT2D eigenvalue weighted by Crippen LogP contribution is -2.01. The highest BCUT2D eigenvalue weighted by molar-refractivity contribution is 7.48. The number of phosphoric ester groups is 1. The van der Waals surface area contributed by atoms with Crippen LogP contribution >= 0.6 is 7.82 Å². The zero-order valence-corrected chi connectivity index (χ0v) is 8.79. The Kier molecular flexibility index (Phi) is 7.09. The number of rotatable bonds is 8. The van der Waals surface area contributed by atoms with Gasteiger partial charge in [0, 0.05) is 6.42 Å². The molecule has 0 fully saturated rings. The third kappa shape index (κ3) is 5.93. The molecule has 0 heterocycles. The summed E-state index contributed by atoms with van der Waals surface area (Å²) in [5, 5.41) is 0. The molecule has 0 saturated carbocycles. The average molecular weight is 210 g/mol. The van der Waals surface area contributed by atoms with Crippen molar-refractivity contribution in [3.8, 4) is 0 Å². The van der Waals surface area contributed by atoms with Gasteiger partial charge in [0.1, 0.15) is 6.29 Å². The molecule has 0 aliphatic heterocycles. The first-order chi connectivity index (χ1) is 6.18. The van der Waals surface area contributed by atoms with Gasteiger partial charge in [-0.3, -0.25) is 13.6 Å². The quantitative estimate of drug-likeness (QED) is 0.347. The minimum Gasteiger partial charge on any atom is -0.303 e. The van der Waals surface area contributed by atoms with E-state index in [0.717, 1.165) is 0 Å². The second-order valence-corrected chi connectivity index (χ2v) is 3.74. The third-order valence-corrected chi connectivity index (χ3v) is 2.71. The van der Waals surface area contributed by atoms with Crippen molar-refractivity contribution in [1.29, 1.82) is 0 Å². The fourth-order valence-corrected chi connectivity index (χ4v) is 1.83. The molecule has 0 N–H and O–H groups in total. The van der Waals surface area contributed by atoms with Crippen LogP contribution in [-0.2, 0) is 22.9 Å². The van der Waals surface area contributed by atoms with Crippen LogP contribution in [0.4, 0.5) is 0 Å². The molecule has 0 radical (unpaired) electrons. The van der Waals surface area contributed by atoms with Gasteiger partial charge in [0.15, 0.2) is 0 Å². The Balaban J connectivity index is 3.91. The normalized spacial score (nSPS) is 11.5. The van der Waals surface area contributed by atoms with E-state index in [-0.39, 0.29) is 26.2 Å². The van der Waals surface area contributed by atoms with E-state index in [0.29, 0.717) is 6.29 Å². The summed E-state index contributed by atoms with van der Waals surface area (Å²) in [6.45, 7) is 3.93. The summed E-state index contributed by atoms with van der Waals surface area (Å²) < 4.78 is 26.0. The molecule has 0 spiro atoms. The smallest absolute Gasteiger partial charge is 0.303 e. The van der Waals surface area contributed by atoms with Gasteiger partial charge in [-0.15, -0.1) is 0 Å². The van der Waals surface area contributed by atoms with Crippen LogP contribution in [-0.4, -0.2) is 26.1 Å². The van der Waals surface area contributed by atoms with Crippen molar-refractivity contribution in [2.24, 2.45) is 0 Å². The van der Waals surface area contributed by atoms with Crippen LogP contribution in [0.3, 0.4) is 0 Å². The van der Waals surface area contributed by atoms with E-state index in [1.54, 1.807) is 13.8 Å². The van der Waals surface area contributed by atoms with Crippen molar-refractivity contribution in [1.82, 2.24) is 0 Å². The summed E-state index contributed by atoms with van der Waals surface area (Å²) in [5.74, 6) is 0.